The van der Waals surface area contributed by atoms with Crippen LogP contribution in [0.5, 0.6) is 0 Å². The molecule has 4 nitrogen and oxygen atoms in total. The molecule has 1 fully saturated rings. The van der Waals surface area contributed by atoms with Crippen LogP contribution in [0.1, 0.15) is 6.92 Å². The highest BCUT2D eigenvalue weighted by Crippen LogP contribution is 2.16. The average molecular weight is 265 g/mol. The van der Waals surface area contributed by atoms with Gasteiger partial charge in [0.05, 0.1) is 6.04 Å². The van der Waals surface area contributed by atoms with Crippen molar-refractivity contribution in [2.24, 2.45) is 0 Å². The molecule has 0 aliphatic carbocycles. The molecule has 1 aromatic rings. The number of carbonyl (C=O) groups excluding carboxylic acids is 1. The molecular weight excluding hydrogens is 245 g/mol. The molecule has 1 amide bonds. The molecule has 0 radical (unpaired) electrons. The van der Waals surface area contributed by atoms with Gasteiger partial charge in [-0.05, 0) is 25.1 Å². The predicted molar refractivity (Wildman–Crippen MR) is 73.7 cm³/mol. The molecule has 1 saturated heterocycles. The summed E-state index contributed by atoms with van der Waals surface area (Å²) in [6, 6.07) is 5.93. The first kappa shape index (κ1) is 14.0. The number of amides is 1. The summed E-state index contributed by atoms with van der Waals surface area (Å²) in [7, 11) is 1.69. The topological polar surface area (TPSA) is 35.6 Å². The lowest BCUT2D eigenvalue weighted by molar-refractivity contribution is -0.123. The van der Waals surface area contributed by atoms with Crippen LogP contribution in [0.2, 0.25) is 0 Å². The van der Waals surface area contributed by atoms with E-state index in [-0.39, 0.29) is 17.8 Å². The minimum atomic E-state index is -0.327. The Labute approximate surface area is 113 Å². The van der Waals surface area contributed by atoms with E-state index in [9.17, 15) is 9.18 Å². The Balaban J connectivity index is 2.05. The van der Waals surface area contributed by atoms with Crippen LogP contribution in [0.4, 0.5) is 10.1 Å². The van der Waals surface area contributed by atoms with Crippen molar-refractivity contribution in [2.45, 2.75) is 13.0 Å². The standard InChI is InChI=1S/C14H20FN3O/c1-11(18-8-6-16-7-9-18)14(19)17(2)13-5-3-4-12(15)10-13/h3-5,10-11,16H,6-9H2,1-2H3. The molecule has 1 atom stereocenters. The fourth-order valence-corrected chi connectivity index (χ4v) is 2.32. The van der Waals surface area contributed by atoms with Gasteiger partial charge in [-0.3, -0.25) is 9.69 Å². The summed E-state index contributed by atoms with van der Waals surface area (Å²) in [6.07, 6.45) is 0. The maximum Gasteiger partial charge on any atom is 0.243 e. The Hall–Kier alpha value is -1.46. The highest BCUT2D eigenvalue weighted by atomic mass is 19.1. The van der Waals surface area contributed by atoms with Gasteiger partial charge >= 0.3 is 0 Å². The summed E-state index contributed by atoms with van der Waals surface area (Å²) in [4.78, 5) is 16.1. The van der Waals surface area contributed by atoms with E-state index in [0.29, 0.717) is 5.69 Å². The molecule has 104 valence electrons. The molecule has 1 aliphatic heterocycles. The number of piperazine rings is 1. The van der Waals surface area contributed by atoms with E-state index in [1.165, 1.54) is 17.0 Å². The van der Waals surface area contributed by atoms with Gasteiger partial charge in [0.1, 0.15) is 5.82 Å². The molecule has 0 spiro atoms. The zero-order valence-corrected chi connectivity index (χ0v) is 11.4. The first-order valence-corrected chi connectivity index (χ1v) is 6.57. The van der Waals surface area contributed by atoms with Crippen LogP contribution in [0, 0.1) is 5.82 Å². The van der Waals surface area contributed by atoms with Crippen molar-refractivity contribution in [2.75, 3.05) is 38.1 Å². The maximum absolute atomic E-state index is 13.2. The van der Waals surface area contributed by atoms with Crippen LogP contribution in [0.25, 0.3) is 0 Å². The summed E-state index contributed by atoms with van der Waals surface area (Å²) >= 11 is 0. The molecular formula is C14H20FN3O. The lowest BCUT2D eigenvalue weighted by Crippen LogP contribution is -2.53. The van der Waals surface area contributed by atoms with Gasteiger partial charge in [0.25, 0.3) is 0 Å². The second kappa shape index (κ2) is 6.12. The number of carbonyl (C=O) groups is 1. The van der Waals surface area contributed by atoms with Crippen LogP contribution in [0.15, 0.2) is 24.3 Å². The van der Waals surface area contributed by atoms with Crippen molar-refractivity contribution in [1.29, 1.82) is 0 Å². The summed E-state index contributed by atoms with van der Waals surface area (Å²) < 4.78 is 13.2. The zero-order valence-electron chi connectivity index (χ0n) is 11.4. The number of benzene rings is 1. The third-order valence-corrected chi connectivity index (χ3v) is 3.58. The van der Waals surface area contributed by atoms with E-state index < -0.39 is 0 Å². The third-order valence-electron chi connectivity index (χ3n) is 3.58. The van der Waals surface area contributed by atoms with E-state index in [4.69, 9.17) is 0 Å². The molecule has 5 heteroatoms. The molecule has 1 aromatic carbocycles. The molecule has 1 heterocycles. The van der Waals surface area contributed by atoms with Crippen molar-refractivity contribution in [3.63, 3.8) is 0 Å². The average Bonchev–Trinajstić information content (AvgIpc) is 2.46. The second-order valence-corrected chi connectivity index (χ2v) is 4.84. The lowest BCUT2D eigenvalue weighted by Gasteiger charge is -2.34. The Bertz CT molecular complexity index is 446. The number of hydrogen-bond donors (Lipinski definition) is 1. The predicted octanol–water partition coefficient (Wildman–Crippen LogP) is 1.08. The van der Waals surface area contributed by atoms with Gasteiger partial charge in [0.2, 0.25) is 5.91 Å². The van der Waals surface area contributed by atoms with Gasteiger partial charge < -0.3 is 10.2 Å². The van der Waals surface area contributed by atoms with Gasteiger partial charge in [-0.1, -0.05) is 6.07 Å². The van der Waals surface area contributed by atoms with Crippen molar-refractivity contribution in [3.8, 4) is 0 Å². The number of nitrogens with zero attached hydrogens (tertiary/aromatic N) is 2. The summed E-state index contributed by atoms with van der Waals surface area (Å²) in [5.41, 5.74) is 0.590. The zero-order chi connectivity index (χ0) is 13.8. The number of likely N-dealkylation sites (N-methyl/N-ethyl adjacent to an activating group) is 1. The molecule has 1 aliphatic rings. The number of anilines is 1. The molecule has 19 heavy (non-hydrogen) atoms. The Morgan fingerprint density at radius 3 is 2.74 bits per heavy atom. The van der Waals surface area contributed by atoms with Crippen LogP contribution >= 0.6 is 0 Å². The smallest absolute Gasteiger partial charge is 0.243 e. The van der Waals surface area contributed by atoms with Gasteiger partial charge in [0.15, 0.2) is 0 Å². The van der Waals surface area contributed by atoms with Crippen LogP contribution in [-0.4, -0.2) is 50.1 Å². The van der Waals surface area contributed by atoms with Gasteiger partial charge in [-0.2, -0.15) is 0 Å². The summed E-state index contributed by atoms with van der Waals surface area (Å²) in [6.45, 7) is 5.44. The molecule has 2 rings (SSSR count). The minimum absolute atomic E-state index is 0.00694. The molecule has 1 unspecified atom stereocenters. The van der Waals surface area contributed by atoms with Crippen molar-refractivity contribution < 1.29 is 9.18 Å². The largest absolute Gasteiger partial charge is 0.314 e. The number of hydrogen-bond acceptors (Lipinski definition) is 3. The normalized spacial score (nSPS) is 18.1. The quantitative estimate of drug-likeness (QED) is 0.888. The van der Waals surface area contributed by atoms with E-state index in [1.54, 1.807) is 19.2 Å². The minimum Gasteiger partial charge on any atom is -0.314 e. The lowest BCUT2D eigenvalue weighted by atomic mass is 10.2. The Kier molecular flexibility index (Phi) is 4.50. The van der Waals surface area contributed by atoms with Crippen LogP contribution in [-0.2, 0) is 4.79 Å². The highest BCUT2D eigenvalue weighted by molar-refractivity contribution is 5.96. The van der Waals surface area contributed by atoms with E-state index in [1.807, 2.05) is 6.92 Å². The number of nitrogens with one attached hydrogen (secondary N) is 1. The Morgan fingerprint density at radius 2 is 2.11 bits per heavy atom. The van der Waals surface area contributed by atoms with Crippen LogP contribution < -0.4 is 10.2 Å². The fraction of sp³-hybridized carbons (Fsp3) is 0.500. The van der Waals surface area contributed by atoms with Gasteiger partial charge in [0, 0.05) is 38.9 Å². The van der Waals surface area contributed by atoms with Gasteiger partial charge in [-0.25, -0.2) is 4.39 Å². The van der Waals surface area contributed by atoms with E-state index >= 15 is 0 Å². The summed E-state index contributed by atoms with van der Waals surface area (Å²) in [5.74, 6) is -0.334. The summed E-state index contributed by atoms with van der Waals surface area (Å²) in [5, 5.41) is 3.26. The number of halogens is 1. The van der Waals surface area contributed by atoms with Gasteiger partial charge in [-0.15, -0.1) is 0 Å². The maximum atomic E-state index is 13.2. The number of rotatable bonds is 3. The molecule has 1 N–H and O–H groups in total. The van der Waals surface area contributed by atoms with E-state index in [0.717, 1.165) is 26.2 Å². The molecule has 0 bridgehead atoms. The van der Waals surface area contributed by atoms with E-state index in [2.05, 4.69) is 10.2 Å². The Morgan fingerprint density at radius 1 is 1.42 bits per heavy atom. The second-order valence-electron chi connectivity index (χ2n) is 4.84. The third kappa shape index (κ3) is 3.30. The SMILES string of the molecule is CC(C(=O)N(C)c1cccc(F)c1)N1CCNCC1. The monoisotopic (exact) mass is 265 g/mol. The van der Waals surface area contributed by atoms with Crippen molar-refractivity contribution >= 4 is 11.6 Å². The molecule has 0 aromatic heterocycles. The first-order chi connectivity index (χ1) is 9.09. The van der Waals surface area contributed by atoms with Crippen molar-refractivity contribution in [3.05, 3.63) is 30.1 Å². The first-order valence-electron chi connectivity index (χ1n) is 6.57. The highest BCUT2D eigenvalue weighted by Gasteiger charge is 2.25. The van der Waals surface area contributed by atoms with Crippen LogP contribution in [0.3, 0.4) is 0 Å². The molecule has 0 saturated carbocycles. The fourth-order valence-electron chi connectivity index (χ4n) is 2.32. The van der Waals surface area contributed by atoms with Crippen molar-refractivity contribution in [1.82, 2.24) is 10.2 Å².